The Kier molecular flexibility index (Phi) is 3.04. The van der Waals surface area contributed by atoms with E-state index >= 15 is 0 Å². The van der Waals surface area contributed by atoms with E-state index in [9.17, 15) is 9.18 Å². The van der Waals surface area contributed by atoms with Crippen molar-refractivity contribution in [3.05, 3.63) is 52.9 Å². The lowest BCUT2D eigenvalue weighted by Crippen LogP contribution is -2.31. The minimum atomic E-state index is -0.403. The van der Waals surface area contributed by atoms with Crippen LogP contribution in [0.25, 0.3) is 21.8 Å². The molecule has 0 atom stereocenters. The van der Waals surface area contributed by atoms with E-state index in [1.807, 2.05) is 17.5 Å². The maximum absolute atomic E-state index is 14.2. The number of aromatic nitrogens is 2. The Labute approximate surface area is 130 Å². The normalized spacial score (nSPS) is 13.8. The zero-order chi connectivity index (χ0) is 15.1. The number of fused-ring (bicyclic) bond motifs is 1. The van der Waals surface area contributed by atoms with E-state index in [0.717, 1.165) is 22.7 Å². The first-order chi connectivity index (χ1) is 10.7. The standard InChI is InChI=1S/C16H12FN3OS/c17-11-8-19-14(15-2-1-5-22-15)6-9(11)13-7-10-12(20-13)3-4-18-16(10)21/h1-2,5-8,20H,3-4H2,(H,18,21). The van der Waals surface area contributed by atoms with Gasteiger partial charge in [0, 0.05) is 29.9 Å². The summed E-state index contributed by atoms with van der Waals surface area (Å²) in [5.74, 6) is -0.518. The smallest absolute Gasteiger partial charge is 0.253 e. The molecule has 0 saturated heterocycles. The number of rotatable bonds is 2. The number of nitrogens with zero attached hydrogens (tertiary/aromatic N) is 1. The topological polar surface area (TPSA) is 57.8 Å². The average molecular weight is 313 g/mol. The molecule has 0 bridgehead atoms. The van der Waals surface area contributed by atoms with Crippen LogP contribution in [0.2, 0.25) is 0 Å². The lowest BCUT2D eigenvalue weighted by Gasteiger charge is -2.11. The van der Waals surface area contributed by atoms with E-state index in [1.165, 1.54) is 6.20 Å². The molecule has 0 saturated carbocycles. The number of carbonyl (C=O) groups excluding carboxylic acids is 1. The van der Waals surface area contributed by atoms with Gasteiger partial charge < -0.3 is 10.3 Å². The van der Waals surface area contributed by atoms with Crippen molar-refractivity contribution < 1.29 is 9.18 Å². The molecule has 0 spiro atoms. The summed E-state index contributed by atoms with van der Waals surface area (Å²) in [6.45, 7) is 0.602. The Balaban J connectivity index is 1.82. The van der Waals surface area contributed by atoms with Crippen molar-refractivity contribution in [3.63, 3.8) is 0 Å². The summed E-state index contributed by atoms with van der Waals surface area (Å²) >= 11 is 1.55. The zero-order valence-corrected chi connectivity index (χ0v) is 12.3. The Bertz CT molecular complexity index is 854. The highest BCUT2D eigenvalue weighted by Crippen LogP contribution is 2.30. The van der Waals surface area contributed by atoms with Gasteiger partial charge in [0.15, 0.2) is 5.82 Å². The molecule has 4 heterocycles. The summed E-state index contributed by atoms with van der Waals surface area (Å²) in [7, 11) is 0. The first-order valence-corrected chi connectivity index (χ1v) is 7.80. The summed E-state index contributed by atoms with van der Waals surface area (Å²) in [5.41, 5.74) is 3.21. The van der Waals surface area contributed by atoms with Gasteiger partial charge in [-0.1, -0.05) is 6.07 Å². The maximum atomic E-state index is 14.2. The fraction of sp³-hybridized carbons (Fsp3) is 0.125. The molecular formula is C16H12FN3OS. The number of amides is 1. The van der Waals surface area contributed by atoms with Crippen molar-refractivity contribution in [1.82, 2.24) is 15.3 Å². The third-order valence-electron chi connectivity index (χ3n) is 3.72. The molecule has 22 heavy (non-hydrogen) atoms. The van der Waals surface area contributed by atoms with E-state index in [2.05, 4.69) is 15.3 Å². The number of hydrogen-bond acceptors (Lipinski definition) is 3. The molecule has 0 radical (unpaired) electrons. The Morgan fingerprint density at radius 2 is 2.18 bits per heavy atom. The molecule has 1 aliphatic rings. The Hall–Kier alpha value is -2.47. The van der Waals surface area contributed by atoms with E-state index in [1.54, 1.807) is 23.5 Å². The highest BCUT2D eigenvalue weighted by atomic mass is 32.1. The fourth-order valence-electron chi connectivity index (χ4n) is 2.64. The van der Waals surface area contributed by atoms with Crippen LogP contribution in [-0.2, 0) is 6.42 Å². The van der Waals surface area contributed by atoms with Crippen LogP contribution in [0, 0.1) is 5.82 Å². The maximum Gasteiger partial charge on any atom is 0.253 e. The number of nitrogens with one attached hydrogen (secondary N) is 2. The van der Waals surface area contributed by atoms with Crippen molar-refractivity contribution >= 4 is 17.2 Å². The Morgan fingerprint density at radius 3 is 2.95 bits per heavy atom. The molecule has 0 fully saturated rings. The molecule has 1 aliphatic heterocycles. The van der Waals surface area contributed by atoms with Crippen molar-refractivity contribution in [2.24, 2.45) is 0 Å². The summed E-state index contributed by atoms with van der Waals surface area (Å²) < 4.78 is 14.2. The minimum Gasteiger partial charge on any atom is -0.358 e. The van der Waals surface area contributed by atoms with Crippen LogP contribution >= 0.6 is 11.3 Å². The van der Waals surface area contributed by atoms with Gasteiger partial charge in [-0.2, -0.15) is 0 Å². The van der Waals surface area contributed by atoms with Crippen LogP contribution in [0.1, 0.15) is 16.1 Å². The second kappa shape index (κ2) is 5.06. The summed E-state index contributed by atoms with van der Waals surface area (Å²) in [5, 5.41) is 4.74. The minimum absolute atomic E-state index is 0.114. The third kappa shape index (κ3) is 2.12. The third-order valence-corrected chi connectivity index (χ3v) is 4.62. The highest BCUT2D eigenvalue weighted by molar-refractivity contribution is 7.13. The average Bonchev–Trinajstić information content (AvgIpc) is 3.17. The molecule has 4 nitrogen and oxygen atoms in total. The molecule has 0 aliphatic carbocycles. The number of hydrogen-bond donors (Lipinski definition) is 2. The van der Waals surface area contributed by atoms with Crippen LogP contribution < -0.4 is 5.32 Å². The van der Waals surface area contributed by atoms with Gasteiger partial charge >= 0.3 is 0 Å². The van der Waals surface area contributed by atoms with Gasteiger partial charge in [0.05, 0.1) is 22.3 Å². The summed E-state index contributed by atoms with van der Waals surface area (Å²) in [4.78, 5) is 20.1. The van der Waals surface area contributed by atoms with E-state index < -0.39 is 5.82 Å². The SMILES string of the molecule is O=C1NCCc2[nH]c(-c3cc(-c4cccs4)ncc3F)cc21. The molecule has 0 unspecified atom stereocenters. The van der Waals surface area contributed by atoms with Gasteiger partial charge in [-0.15, -0.1) is 11.3 Å². The second-order valence-electron chi connectivity index (χ2n) is 5.11. The molecule has 6 heteroatoms. The fourth-order valence-corrected chi connectivity index (χ4v) is 3.34. The number of thiophene rings is 1. The first kappa shape index (κ1) is 13.2. The summed E-state index contributed by atoms with van der Waals surface area (Å²) in [6, 6.07) is 7.31. The van der Waals surface area contributed by atoms with Crippen LogP contribution in [0.3, 0.4) is 0 Å². The van der Waals surface area contributed by atoms with Crippen molar-refractivity contribution in [3.8, 4) is 21.8 Å². The van der Waals surface area contributed by atoms with Crippen LogP contribution in [0.4, 0.5) is 4.39 Å². The molecule has 1 amide bonds. The molecular weight excluding hydrogens is 301 g/mol. The summed E-state index contributed by atoms with van der Waals surface area (Å²) in [6.07, 6.45) is 1.95. The monoisotopic (exact) mass is 313 g/mol. The molecule has 3 aromatic rings. The van der Waals surface area contributed by atoms with Gasteiger partial charge in [0.2, 0.25) is 0 Å². The predicted octanol–water partition coefficient (Wildman–Crippen LogP) is 3.23. The second-order valence-corrected chi connectivity index (χ2v) is 6.06. The lowest BCUT2D eigenvalue weighted by molar-refractivity contribution is 0.0946. The highest BCUT2D eigenvalue weighted by Gasteiger charge is 2.21. The Morgan fingerprint density at radius 1 is 1.27 bits per heavy atom. The lowest BCUT2D eigenvalue weighted by atomic mass is 10.1. The number of carbonyl (C=O) groups is 1. The van der Waals surface area contributed by atoms with Crippen LogP contribution in [0.15, 0.2) is 35.8 Å². The molecule has 4 rings (SSSR count). The van der Waals surface area contributed by atoms with Crippen molar-refractivity contribution in [2.45, 2.75) is 6.42 Å². The van der Waals surface area contributed by atoms with Crippen LogP contribution in [-0.4, -0.2) is 22.4 Å². The van der Waals surface area contributed by atoms with Gasteiger partial charge in [0.25, 0.3) is 5.91 Å². The van der Waals surface area contributed by atoms with Crippen molar-refractivity contribution in [2.75, 3.05) is 6.54 Å². The number of aromatic amines is 1. The largest absolute Gasteiger partial charge is 0.358 e. The van der Waals surface area contributed by atoms with Gasteiger partial charge in [-0.05, 0) is 23.6 Å². The molecule has 2 N–H and O–H groups in total. The van der Waals surface area contributed by atoms with Gasteiger partial charge in [0.1, 0.15) is 0 Å². The molecule has 110 valence electrons. The number of halogens is 1. The van der Waals surface area contributed by atoms with E-state index in [-0.39, 0.29) is 5.91 Å². The van der Waals surface area contributed by atoms with E-state index in [0.29, 0.717) is 23.4 Å². The van der Waals surface area contributed by atoms with E-state index in [4.69, 9.17) is 0 Å². The van der Waals surface area contributed by atoms with Gasteiger partial charge in [-0.3, -0.25) is 9.78 Å². The first-order valence-electron chi connectivity index (χ1n) is 6.92. The molecule has 3 aromatic heterocycles. The number of H-pyrrole nitrogens is 1. The zero-order valence-electron chi connectivity index (χ0n) is 11.5. The molecule has 0 aromatic carbocycles. The van der Waals surface area contributed by atoms with Gasteiger partial charge in [-0.25, -0.2) is 4.39 Å². The van der Waals surface area contributed by atoms with Crippen molar-refractivity contribution in [1.29, 1.82) is 0 Å². The predicted molar refractivity (Wildman–Crippen MR) is 83.3 cm³/mol. The number of pyridine rings is 1. The van der Waals surface area contributed by atoms with Crippen LogP contribution in [0.5, 0.6) is 0 Å². The quantitative estimate of drug-likeness (QED) is 0.763.